The lowest BCUT2D eigenvalue weighted by molar-refractivity contribution is 0.415. The fourth-order valence-electron chi connectivity index (χ4n) is 3.28. The Morgan fingerprint density at radius 3 is 2.83 bits per heavy atom. The van der Waals surface area contributed by atoms with Gasteiger partial charge in [0.1, 0.15) is 5.82 Å². The number of sulfone groups is 1. The van der Waals surface area contributed by atoms with Crippen LogP contribution in [0.25, 0.3) is 0 Å². The third-order valence-electron chi connectivity index (χ3n) is 4.63. The molecule has 0 radical (unpaired) electrons. The minimum Gasteiger partial charge on any atom is -0.350 e. The molecule has 0 spiro atoms. The van der Waals surface area contributed by atoms with Crippen LogP contribution < -0.4 is 15.1 Å². The Morgan fingerprint density at radius 2 is 2.08 bits per heavy atom. The normalized spacial score (nSPS) is 25.8. The summed E-state index contributed by atoms with van der Waals surface area (Å²) in [6.45, 7) is 3.28. The lowest BCUT2D eigenvalue weighted by Crippen LogP contribution is -2.57. The number of rotatable bonds is 5. The van der Waals surface area contributed by atoms with Crippen molar-refractivity contribution in [2.45, 2.75) is 12.1 Å². The van der Waals surface area contributed by atoms with E-state index in [2.05, 4.69) is 25.1 Å². The quantitative estimate of drug-likeness (QED) is 0.725. The second kappa shape index (κ2) is 6.81. The Morgan fingerprint density at radius 1 is 1.29 bits per heavy atom. The molecule has 9 heteroatoms. The summed E-state index contributed by atoms with van der Waals surface area (Å²) in [5.74, 6) is 1.89. The van der Waals surface area contributed by atoms with Crippen LogP contribution in [-0.2, 0) is 9.84 Å². The van der Waals surface area contributed by atoms with Gasteiger partial charge in [-0.1, -0.05) is 0 Å². The van der Waals surface area contributed by atoms with Crippen LogP contribution in [0.4, 0.5) is 11.8 Å². The molecular weight excluding hydrogens is 328 g/mol. The number of nitrogens with one attached hydrogen (secondary N) is 1. The van der Waals surface area contributed by atoms with Crippen LogP contribution in [0.2, 0.25) is 0 Å². The Kier molecular flexibility index (Phi) is 4.93. The topological polar surface area (TPSA) is 81.7 Å². The van der Waals surface area contributed by atoms with Crippen LogP contribution in [0.15, 0.2) is 12.3 Å². The molecule has 0 aliphatic carbocycles. The molecule has 2 fully saturated rings. The van der Waals surface area contributed by atoms with Crippen LogP contribution in [0.3, 0.4) is 0 Å². The Hall–Kier alpha value is -1.45. The van der Waals surface area contributed by atoms with Gasteiger partial charge in [-0.25, -0.2) is 13.4 Å². The molecule has 2 atom stereocenters. The summed E-state index contributed by atoms with van der Waals surface area (Å²) in [7, 11) is 3.07. The van der Waals surface area contributed by atoms with Crippen molar-refractivity contribution in [2.75, 3.05) is 68.6 Å². The number of fused-ring (bicyclic) bond motifs is 1. The lowest BCUT2D eigenvalue weighted by atomic mass is 10.1. The van der Waals surface area contributed by atoms with Crippen LogP contribution >= 0.6 is 0 Å². The SMILES string of the molecule is CN(C)CCN(C)c1nccc(N2CCN[C@@H]3CS(=O)(=O)C[C@@H]32)n1. The van der Waals surface area contributed by atoms with Crippen molar-refractivity contribution in [1.29, 1.82) is 0 Å². The van der Waals surface area contributed by atoms with Crippen molar-refractivity contribution in [3.05, 3.63) is 12.3 Å². The van der Waals surface area contributed by atoms with Gasteiger partial charge in [-0.05, 0) is 20.2 Å². The van der Waals surface area contributed by atoms with Gasteiger partial charge < -0.3 is 20.0 Å². The molecule has 1 aromatic rings. The maximum atomic E-state index is 12.0. The minimum absolute atomic E-state index is 0.00589. The van der Waals surface area contributed by atoms with Gasteiger partial charge in [0.25, 0.3) is 0 Å². The van der Waals surface area contributed by atoms with Crippen molar-refractivity contribution in [3.63, 3.8) is 0 Å². The highest BCUT2D eigenvalue weighted by molar-refractivity contribution is 7.91. The largest absolute Gasteiger partial charge is 0.350 e. The van der Waals surface area contributed by atoms with E-state index in [1.165, 1.54) is 0 Å². The Labute approximate surface area is 143 Å². The maximum Gasteiger partial charge on any atom is 0.227 e. The molecule has 0 amide bonds. The molecule has 0 saturated carbocycles. The number of hydrogen-bond donors (Lipinski definition) is 1. The molecule has 1 aromatic heterocycles. The minimum atomic E-state index is -2.98. The van der Waals surface area contributed by atoms with Crippen molar-refractivity contribution >= 4 is 21.6 Å². The fraction of sp³-hybridized carbons (Fsp3) is 0.733. The summed E-state index contributed by atoms with van der Waals surface area (Å²) in [5.41, 5.74) is 0. The molecule has 0 aromatic carbocycles. The maximum absolute atomic E-state index is 12.0. The summed E-state index contributed by atoms with van der Waals surface area (Å²) in [6, 6.07) is 1.82. The van der Waals surface area contributed by atoms with E-state index in [1.54, 1.807) is 6.20 Å². The molecule has 134 valence electrons. The predicted molar refractivity (Wildman–Crippen MR) is 95.4 cm³/mol. The number of nitrogens with zero attached hydrogens (tertiary/aromatic N) is 5. The van der Waals surface area contributed by atoms with Crippen molar-refractivity contribution in [2.24, 2.45) is 0 Å². The first kappa shape index (κ1) is 17.4. The number of hydrogen-bond acceptors (Lipinski definition) is 8. The van der Waals surface area contributed by atoms with Gasteiger partial charge >= 0.3 is 0 Å². The molecule has 2 saturated heterocycles. The second-order valence-electron chi connectivity index (χ2n) is 6.84. The van der Waals surface area contributed by atoms with Gasteiger partial charge in [0.05, 0.1) is 17.5 Å². The number of aromatic nitrogens is 2. The smallest absolute Gasteiger partial charge is 0.227 e. The Balaban J connectivity index is 1.78. The van der Waals surface area contributed by atoms with E-state index in [1.807, 2.05) is 32.1 Å². The zero-order chi connectivity index (χ0) is 17.3. The first-order valence-electron chi connectivity index (χ1n) is 8.25. The number of anilines is 2. The van der Waals surface area contributed by atoms with Gasteiger partial charge in [0, 0.05) is 45.5 Å². The summed E-state index contributed by atoms with van der Waals surface area (Å²) < 4.78 is 24.0. The second-order valence-corrected chi connectivity index (χ2v) is 8.99. The standard InChI is InChI=1S/C15H26N6O2S/c1-19(2)8-9-20(3)15-17-5-4-14(18-15)21-7-6-16-12-10-24(22,23)11-13(12)21/h4-5,12-13,16H,6-11H2,1-3H3/t12-,13+/m1/s1. The van der Waals surface area contributed by atoms with E-state index >= 15 is 0 Å². The molecule has 8 nitrogen and oxygen atoms in total. The lowest BCUT2D eigenvalue weighted by Gasteiger charge is -2.38. The predicted octanol–water partition coefficient (Wildman–Crippen LogP) is -0.950. The molecule has 3 rings (SSSR count). The van der Waals surface area contributed by atoms with Crippen molar-refractivity contribution in [1.82, 2.24) is 20.2 Å². The molecular formula is C15H26N6O2S. The third kappa shape index (κ3) is 3.79. The average molecular weight is 354 g/mol. The first-order chi connectivity index (χ1) is 11.4. The highest BCUT2D eigenvalue weighted by Gasteiger charge is 2.43. The van der Waals surface area contributed by atoms with E-state index in [0.29, 0.717) is 5.95 Å². The molecule has 2 aliphatic rings. The van der Waals surface area contributed by atoms with E-state index in [9.17, 15) is 8.42 Å². The van der Waals surface area contributed by atoms with Crippen LogP contribution in [-0.4, -0.2) is 94.2 Å². The molecule has 3 heterocycles. The van der Waals surface area contributed by atoms with E-state index < -0.39 is 9.84 Å². The molecule has 2 aliphatic heterocycles. The molecule has 0 bridgehead atoms. The average Bonchev–Trinajstić information content (AvgIpc) is 2.86. The summed E-state index contributed by atoms with van der Waals surface area (Å²) in [4.78, 5) is 15.3. The van der Waals surface area contributed by atoms with Crippen LogP contribution in [0, 0.1) is 0 Å². The zero-order valence-electron chi connectivity index (χ0n) is 14.5. The first-order valence-corrected chi connectivity index (χ1v) is 10.1. The van der Waals surface area contributed by atoms with Crippen LogP contribution in [0.5, 0.6) is 0 Å². The molecule has 0 unspecified atom stereocenters. The van der Waals surface area contributed by atoms with Crippen LogP contribution in [0.1, 0.15) is 0 Å². The zero-order valence-corrected chi connectivity index (χ0v) is 15.3. The van der Waals surface area contributed by atoms with E-state index in [-0.39, 0.29) is 23.6 Å². The fourth-order valence-corrected chi connectivity index (χ4v) is 5.24. The summed E-state index contributed by atoms with van der Waals surface area (Å²) >= 11 is 0. The Bertz CT molecular complexity index is 680. The third-order valence-corrected chi connectivity index (χ3v) is 6.35. The molecule has 1 N–H and O–H groups in total. The number of piperazine rings is 1. The highest BCUT2D eigenvalue weighted by atomic mass is 32.2. The summed E-state index contributed by atoms with van der Waals surface area (Å²) in [5, 5.41) is 3.33. The summed E-state index contributed by atoms with van der Waals surface area (Å²) in [6.07, 6.45) is 1.75. The van der Waals surface area contributed by atoms with Gasteiger partial charge in [0.2, 0.25) is 5.95 Å². The van der Waals surface area contributed by atoms with Gasteiger partial charge in [-0.2, -0.15) is 4.98 Å². The van der Waals surface area contributed by atoms with Crippen molar-refractivity contribution < 1.29 is 8.42 Å². The van der Waals surface area contributed by atoms with Crippen molar-refractivity contribution in [3.8, 4) is 0 Å². The van der Waals surface area contributed by atoms with Gasteiger partial charge in [0.15, 0.2) is 9.84 Å². The molecule has 24 heavy (non-hydrogen) atoms. The van der Waals surface area contributed by atoms with E-state index in [0.717, 1.165) is 32.0 Å². The number of likely N-dealkylation sites (N-methyl/N-ethyl adjacent to an activating group) is 2. The van der Waals surface area contributed by atoms with Gasteiger partial charge in [-0.15, -0.1) is 0 Å². The van der Waals surface area contributed by atoms with Gasteiger partial charge in [-0.3, -0.25) is 0 Å². The van der Waals surface area contributed by atoms with E-state index in [4.69, 9.17) is 0 Å². The highest BCUT2D eigenvalue weighted by Crippen LogP contribution is 2.26. The monoisotopic (exact) mass is 354 g/mol.